The zero-order valence-electron chi connectivity index (χ0n) is 19.1. The van der Waals surface area contributed by atoms with Crippen LogP contribution in [0.25, 0.3) is 22.0 Å². The first-order valence-corrected chi connectivity index (χ1v) is 11.5. The van der Waals surface area contributed by atoms with Crippen molar-refractivity contribution in [2.75, 3.05) is 11.9 Å². The maximum atomic E-state index is 13.4. The number of nitrogens with one attached hydrogen (secondary N) is 1. The first-order valence-electron chi connectivity index (χ1n) is 11.5. The van der Waals surface area contributed by atoms with E-state index in [-0.39, 0.29) is 24.2 Å². The number of carbonyl (C=O) groups is 1. The molecule has 5 rings (SSSR count). The molecule has 1 N–H and O–H groups in total. The smallest absolute Gasteiger partial charge is 0.376 e. The van der Waals surface area contributed by atoms with Crippen LogP contribution in [0.2, 0.25) is 0 Å². The van der Waals surface area contributed by atoms with Crippen molar-refractivity contribution >= 4 is 22.8 Å². The molecule has 4 aromatic rings. The summed E-state index contributed by atoms with van der Waals surface area (Å²) in [6, 6.07) is 18.3. The average molecular weight is 493 g/mol. The van der Waals surface area contributed by atoms with Crippen LogP contribution in [0.3, 0.4) is 0 Å². The van der Waals surface area contributed by atoms with Gasteiger partial charge in [-0.1, -0.05) is 36.4 Å². The maximum absolute atomic E-state index is 13.4. The summed E-state index contributed by atoms with van der Waals surface area (Å²) in [5.74, 6) is -0.330. The molecule has 0 saturated carbocycles. The van der Waals surface area contributed by atoms with E-state index >= 15 is 0 Å². The maximum Gasteiger partial charge on any atom is 0.416 e. The number of ether oxygens (including phenoxy) is 1. The van der Waals surface area contributed by atoms with E-state index in [1.54, 1.807) is 48.5 Å². The molecule has 0 bridgehead atoms. The van der Waals surface area contributed by atoms with Crippen LogP contribution >= 0.6 is 0 Å². The van der Waals surface area contributed by atoms with Crippen molar-refractivity contribution in [3.63, 3.8) is 0 Å². The predicted molar refractivity (Wildman–Crippen MR) is 130 cm³/mol. The second-order valence-corrected chi connectivity index (χ2v) is 8.61. The molecule has 2 heterocycles. The summed E-state index contributed by atoms with van der Waals surface area (Å²) in [5, 5.41) is 3.08. The molecule has 1 amide bonds. The van der Waals surface area contributed by atoms with Crippen molar-refractivity contribution in [3.05, 3.63) is 94.3 Å². The van der Waals surface area contributed by atoms with Gasteiger partial charge < -0.3 is 4.74 Å². The van der Waals surface area contributed by atoms with Crippen LogP contribution in [0.15, 0.2) is 77.6 Å². The van der Waals surface area contributed by atoms with Gasteiger partial charge in [0.25, 0.3) is 11.5 Å². The van der Waals surface area contributed by atoms with Crippen LogP contribution in [-0.2, 0) is 17.5 Å². The van der Waals surface area contributed by atoms with E-state index in [0.29, 0.717) is 34.2 Å². The Labute approximate surface area is 204 Å². The molecule has 1 aromatic heterocycles. The summed E-state index contributed by atoms with van der Waals surface area (Å²) >= 11 is 0. The van der Waals surface area contributed by atoms with Crippen molar-refractivity contribution in [2.24, 2.45) is 0 Å². The number of nitrogens with zero attached hydrogens (tertiary/aromatic N) is 2. The first-order chi connectivity index (χ1) is 17.3. The highest BCUT2D eigenvalue weighted by Crippen LogP contribution is 2.31. The van der Waals surface area contributed by atoms with Crippen LogP contribution < -0.4 is 10.9 Å². The monoisotopic (exact) mass is 493 g/mol. The molecular formula is C27H22F3N3O3. The molecule has 0 spiro atoms. The highest BCUT2D eigenvalue weighted by Gasteiger charge is 2.30. The lowest BCUT2D eigenvalue weighted by Crippen LogP contribution is -2.31. The van der Waals surface area contributed by atoms with Crippen LogP contribution in [-0.4, -0.2) is 28.2 Å². The minimum absolute atomic E-state index is 0.0847. The van der Waals surface area contributed by atoms with Gasteiger partial charge in [-0.2, -0.15) is 13.2 Å². The number of rotatable bonds is 5. The van der Waals surface area contributed by atoms with Gasteiger partial charge in [0.1, 0.15) is 0 Å². The summed E-state index contributed by atoms with van der Waals surface area (Å²) in [6.45, 7) is 0.857. The average Bonchev–Trinajstić information content (AvgIpc) is 3.39. The number of anilines is 1. The third-order valence-electron chi connectivity index (χ3n) is 6.17. The van der Waals surface area contributed by atoms with Gasteiger partial charge in [-0.05, 0) is 60.4 Å². The number of alkyl halides is 3. The zero-order chi connectivity index (χ0) is 25.3. The zero-order valence-corrected chi connectivity index (χ0v) is 19.1. The van der Waals surface area contributed by atoms with Gasteiger partial charge in [0.15, 0.2) is 0 Å². The molecule has 184 valence electrons. The normalized spacial score (nSPS) is 15.8. The van der Waals surface area contributed by atoms with Crippen molar-refractivity contribution in [1.82, 2.24) is 9.55 Å². The summed E-state index contributed by atoms with van der Waals surface area (Å²) < 4.78 is 45.9. The van der Waals surface area contributed by atoms with E-state index in [1.807, 2.05) is 0 Å². The van der Waals surface area contributed by atoms with E-state index < -0.39 is 17.6 Å². The predicted octanol–water partition coefficient (Wildman–Crippen LogP) is 5.51. The Hall–Kier alpha value is -3.98. The van der Waals surface area contributed by atoms with E-state index in [0.717, 1.165) is 25.0 Å². The van der Waals surface area contributed by atoms with Crippen LogP contribution in [0.4, 0.5) is 19.1 Å². The highest BCUT2D eigenvalue weighted by molar-refractivity contribution is 6.03. The Morgan fingerprint density at radius 2 is 1.75 bits per heavy atom. The van der Waals surface area contributed by atoms with Gasteiger partial charge in [0.2, 0.25) is 5.95 Å². The van der Waals surface area contributed by atoms with Crippen LogP contribution in [0, 0.1) is 0 Å². The molecule has 9 heteroatoms. The molecule has 1 aliphatic heterocycles. The second-order valence-electron chi connectivity index (χ2n) is 8.61. The molecule has 36 heavy (non-hydrogen) atoms. The Morgan fingerprint density at radius 3 is 2.42 bits per heavy atom. The van der Waals surface area contributed by atoms with Crippen LogP contribution in [0.5, 0.6) is 0 Å². The van der Waals surface area contributed by atoms with Gasteiger partial charge in [-0.3, -0.25) is 19.5 Å². The van der Waals surface area contributed by atoms with Crippen molar-refractivity contribution in [1.29, 1.82) is 0 Å². The summed E-state index contributed by atoms with van der Waals surface area (Å²) in [7, 11) is 0. The number of hydrogen-bond acceptors (Lipinski definition) is 4. The van der Waals surface area contributed by atoms with Gasteiger partial charge >= 0.3 is 6.18 Å². The first kappa shape index (κ1) is 23.7. The summed E-state index contributed by atoms with van der Waals surface area (Å²) in [6.07, 6.45) is -2.91. The fourth-order valence-electron chi connectivity index (χ4n) is 4.27. The lowest BCUT2D eigenvalue weighted by atomic mass is 10.0. The number of hydrogen-bond donors (Lipinski definition) is 1. The molecule has 1 aliphatic rings. The number of amides is 1. The molecular weight excluding hydrogens is 471 g/mol. The third kappa shape index (κ3) is 4.87. The highest BCUT2D eigenvalue weighted by atomic mass is 19.4. The number of aromatic nitrogens is 2. The molecule has 6 nitrogen and oxygen atoms in total. The largest absolute Gasteiger partial charge is 0.416 e. The van der Waals surface area contributed by atoms with Crippen molar-refractivity contribution < 1.29 is 22.7 Å². The number of halogens is 3. The molecule has 0 aliphatic carbocycles. The van der Waals surface area contributed by atoms with E-state index in [9.17, 15) is 22.8 Å². The lowest BCUT2D eigenvalue weighted by molar-refractivity contribution is -0.137. The van der Waals surface area contributed by atoms with E-state index in [4.69, 9.17) is 4.74 Å². The topological polar surface area (TPSA) is 73.2 Å². The molecule has 0 radical (unpaired) electrons. The quantitative estimate of drug-likeness (QED) is 0.398. The Morgan fingerprint density at radius 1 is 1.03 bits per heavy atom. The minimum atomic E-state index is -4.43. The van der Waals surface area contributed by atoms with Gasteiger partial charge in [-0.25, -0.2) is 4.98 Å². The SMILES string of the molecule is O=C(Nc1nc2cc(-c3ccc(C(F)(F)F)cc3)ccc2c(=O)n1CC1CCCO1)c1ccccc1. The van der Waals surface area contributed by atoms with Gasteiger partial charge in [-0.15, -0.1) is 0 Å². The van der Waals surface area contributed by atoms with Crippen LogP contribution in [0.1, 0.15) is 28.8 Å². The Kier molecular flexibility index (Phi) is 6.32. The number of carbonyl (C=O) groups excluding carboxylic acids is 1. The summed E-state index contributed by atoms with van der Waals surface area (Å²) in [4.78, 5) is 30.9. The summed E-state index contributed by atoms with van der Waals surface area (Å²) in [5.41, 5.74) is 0.801. The van der Waals surface area contributed by atoms with Crippen molar-refractivity contribution in [3.8, 4) is 11.1 Å². The third-order valence-corrected chi connectivity index (χ3v) is 6.17. The Balaban J connectivity index is 1.56. The molecule has 1 fully saturated rings. The fourth-order valence-corrected chi connectivity index (χ4v) is 4.27. The molecule has 1 unspecified atom stereocenters. The minimum Gasteiger partial charge on any atom is -0.376 e. The van der Waals surface area contributed by atoms with E-state index in [2.05, 4.69) is 10.3 Å². The Bertz CT molecular complexity index is 1460. The van der Waals surface area contributed by atoms with Gasteiger partial charge in [0.05, 0.1) is 29.1 Å². The standard InChI is InChI=1S/C27H22F3N3O3/c28-27(29,30)20-11-8-17(9-12-20)19-10-13-22-23(15-19)31-26(32-24(34)18-5-2-1-3-6-18)33(25(22)35)16-21-7-4-14-36-21/h1-3,5-6,8-13,15,21H,4,7,14,16H2,(H,31,32,34). The van der Waals surface area contributed by atoms with Gasteiger partial charge in [0, 0.05) is 12.2 Å². The van der Waals surface area contributed by atoms with Crippen molar-refractivity contribution in [2.45, 2.75) is 31.7 Å². The molecule has 3 aromatic carbocycles. The fraction of sp³-hybridized carbons (Fsp3) is 0.222. The number of benzene rings is 3. The van der Waals surface area contributed by atoms with E-state index in [1.165, 1.54) is 16.7 Å². The second kappa shape index (κ2) is 9.58. The number of fused-ring (bicyclic) bond motifs is 1. The molecule has 1 saturated heterocycles. The lowest BCUT2D eigenvalue weighted by Gasteiger charge is -2.17. The molecule has 1 atom stereocenters.